The van der Waals surface area contributed by atoms with Crippen LogP contribution in [0.3, 0.4) is 0 Å². The fourth-order valence-electron chi connectivity index (χ4n) is 3.22. The molecule has 2 saturated heterocycles. The summed E-state index contributed by atoms with van der Waals surface area (Å²) in [6, 6.07) is 0.810. The molecule has 0 radical (unpaired) electrons. The van der Waals surface area contributed by atoms with Gasteiger partial charge in [0, 0.05) is 31.8 Å². The summed E-state index contributed by atoms with van der Waals surface area (Å²) in [6.45, 7) is 5.17. The summed E-state index contributed by atoms with van der Waals surface area (Å²) < 4.78 is 0. The molecule has 0 saturated carbocycles. The van der Waals surface area contributed by atoms with Crippen molar-refractivity contribution in [3.05, 3.63) is 0 Å². The highest BCUT2D eigenvalue weighted by molar-refractivity contribution is 5.74. The van der Waals surface area contributed by atoms with E-state index in [2.05, 4.69) is 15.5 Å². The Morgan fingerprint density at radius 1 is 1.37 bits per heavy atom. The number of nitrogens with zero attached hydrogens (tertiary/aromatic N) is 1. The first kappa shape index (κ1) is 14.6. The zero-order valence-electron chi connectivity index (χ0n) is 11.9. The second-order valence-electron chi connectivity index (χ2n) is 5.97. The van der Waals surface area contributed by atoms with Crippen LogP contribution in [0.5, 0.6) is 0 Å². The molecule has 0 aromatic carbocycles. The smallest absolute Gasteiger partial charge is 0.315 e. The monoisotopic (exact) mass is 269 g/mol. The highest BCUT2D eigenvalue weighted by atomic mass is 16.3. The summed E-state index contributed by atoms with van der Waals surface area (Å²) in [5.41, 5.74) is 0. The van der Waals surface area contributed by atoms with Gasteiger partial charge in [-0.05, 0) is 38.1 Å². The lowest BCUT2D eigenvalue weighted by Crippen LogP contribution is -2.50. The number of aliphatic hydroxyl groups excluding tert-OH is 1. The molecule has 0 spiro atoms. The molecule has 2 heterocycles. The van der Waals surface area contributed by atoms with Crippen molar-refractivity contribution < 1.29 is 9.90 Å². The van der Waals surface area contributed by atoms with Crippen molar-refractivity contribution in [3.8, 4) is 0 Å². The van der Waals surface area contributed by atoms with E-state index < -0.39 is 0 Å². The molecule has 3 unspecified atom stereocenters. The van der Waals surface area contributed by atoms with Crippen LogP contribution >= 0.6 is 0 Å². The van der Waals surface area contributed by atoms with Gasteiger partial charge in [0.2, 0.25) is 0 Å². The van der Waals surface area contributed by atoms with E-state index in [4.69, 9.17) is 5.11 Å². The number of aliphatic hydroxyl groups is 1. The molecule has 110 valence electrons. The number of carbonyl (C=O) groups excluding carboxylic acids is 1. The lowest BCUT2D eigenvalue weighted by molar-refractivity contribution is 0.178. The van der Waals surface area contributed by atoms with E-state index in [0.29, 0.717) is 24.5 Å². The highest BCUT2D eigenvalue weighted by Crippen LogP contribution is 2.26. The molecule has 2 rings (SSSR count). The molecule has 19 heavy (non-hydrogen) atoms. The van der Waals surface area contributed by atoms with E-state index in [1.54, 1.807) is 0 Å². The Bertz CT molecular complexity index is 298. The summed E-state index contributed by atoms with van der Waals surface area (Å²) in [7, 11) is 0. The maximum Gasteiger partial charge on any atom is 0.315 e. The maximum atomic E-state index is 11.9. The third-order valence-corrected chi connectivity index (χ3v) is 4.41. The van der Waals surface area contributed by atoms with Gasteiger partial charge in [-0.1, -0.05) is 13.3 Å². The number of urea groups is 1. The predicted molar refractivity (Wildman–Crippen MR) is 75.0 cm³/mol. The second kappa shape index (κ2) is 7.10. The number of hydrogen-bond donors (Lipinski definition) is 3. The molecule has 0 aromatic rings. The van der Waals surface area contributed by atoms with Crippen LogP contribution in [0.25, 0.3) is 0 Å². The van der Waals surface area contributed by atoms with Crippen molar-refractivity contribution in [1.82, 2.24) is 15.5 Å². The van der Waals surface area contributed by atoms with Crippen LogP contribution in [-0.4, -0.2) is 54.4 Å². The van der Waals surface area contributed by atoms with Crippen molar-refractivity contribution in [2.45, 2.75) is 51.1 Å². The van der Waals surface area contributed by atoms with E-state index in [0.717, 1.165) is 19.4 Å². The Morgan fingerprint density at radius 3 is 3.00 bits per heavy atom. The summed E-state index contributed by atoms with van der Waals surface area (Å²) in [4.78, 5) is 14.4. The number of hydrogen-bond acceptors (Lipinski definition) is 3. The molecular formula is C14H27N3O2. The molecule has 0 bridgehead atoms. The van der Waals surface area contributed by atoms with Crippen LogP contribution in [0.2, 0.25) is 0 Å². The van der Waals surface area contributed by atoms with Gasteiger partial charge in [0.15, 0.2) is 0 Å². The zero-order valence-corrected chi connectivity index (χ0v) is 11.9. The normalized spacial score (nSPS) is 28.7. The van der Waals surface area contributed by atoms with Crippen molar-refractivity contribution in [1.29, 1.82) is 0 Å². The molecule has 0 aromatic heterocycles. The lowest BCUT2D eigenvalue weighted by Gasteiger charge is -2.32. The van der Waals surface area contributed by atoms with Gasteiger partial charge in [-0.3, -0.25) is 4.90 Å². The lowest BCUT2D eigenvalue weighted by atomic mass is 9.99. The molecule has 2 amide bonds. The fraction of sp³-hybridized carbons (Fsp3) is 0.929. The number of fused-ring (bicyclic) bond motifs is 1. The first-order valence-electron chi connectivity index (χ1n) is 7.60. The third kappa shape index (κ3) is 4.08. The first-order valence-corrected chi connectivity index (χ1v) is 7.60. The van der Waals surface area contributed by atoms with Crippen molar-refractivity contribution in [3.63, 3.8) is 0 Å². The molecule has 2 fully saturated rings. The Hall–Kier alpha value is -0.810. The van der Waals surface area contributed by atoms with E-state index in [1.165, 1.54) is 25.8 Å². The van der Waals surface area contributed by atoms with Gasteiger partial charge >= 0.3 is 6.03 Å². The standard InChI is InChI=1S/C14H27N3O2/c1-11(6-9-18)10-15-14(19)16-12-5-8-17-7-3-2-4-13(12)17/h11-13,18H,2-10H2,1H3,(H2,15,16,19). The average molecular weight is 269 g/mol. The number of rotatable bonds is 5. The van der Waals surface area contributed by atoms with Crippen LogP contribution in [0, 0.1) is 5.92 Å². The number of carbonyl (C=O) groups is 1. The van der Waals surface area contributed by atoms with Crippen molar-refractivity contribution in [2.75, 3.05) is 26.2 Å². The summed E-state index contributed by atoms with van der Waals surface area (Å²) in [5.74, 6) is 0.325. The Kier molecular flexibility index (Phi) is 5.45. The Balaban J connectivity index is 1.70. The van der Waals surface area contributed by atoms with E-state index >= 15 is 0 Å². The topological polar surface area (TPSA) is 64.6 Å². The van der Waals surface area contributed by atoms with Crippen LogP contribution < -0.4 is 10.6 Å². The van der Waals surface area contributed by atoms with Crippen LogP contribution in [0.1, 0.15) is 39.0 Å². The van der Waals surface area contributed by atoms with Crippen LogP contribution in [-0.2, 0) is 0 Å². The van der Waals surface area contributed by atoms with Gasteiger partial charge in [0.1, 0.15) is 0 Å². The minimum atomic E-state index is -0.0535. The molecule has 3 N–H and O–H groups in total. The molecule has 2 aliphatic heterocycles. The van der Waals surface area contributed by atoms with Crippen LogP contribution in [0.15, 0.2) is 0 Å². The Labute approximate surface area is 115 Å². The molecule has 3 atom stereocenters. The highest BCUT2D eigenvalue weighted by Gasteiger charge is 2.36. The first-order chi connectivity index (χ1) is 9.20. The maximum absolute atomic E-state index is 11.9. The van der Waals surface area contributed by atoms with E-state index in [9.17, 15) is 4.79 Å². The van der Waals surface area contributed by atoms with Gasteiger partial charge in [-0.25, -0.2) is 4.79 Å². The van der Waals surface area contributed by atoms with Crippen LogP contribution in [0.4, 0.5) is 4.79 Å². The largest absolute Gasteiger partial charge is 0.396 e. The van der Waals surface area contributed by atoms with Gasteiger partial charge in [-0.2, -0.15) is 0 Å². The number of nitrogens with one attached hydrogen (secondary N) is 2. The zero-order chi connectivity index (χ0) is 13.7. The average Bonchev–Trinajstić information content (AvgIpc) is 2.80. The predicted octanol–water partition coefficient (Wildman–Crippen LogP) is 0.931. The number of piperidine rings is 1. The minimum absolute atomic E-state index is 0.0535. The SMILES string of the molecule is CC(CCO)CNC(=O)NC1CCN2CCCCC12. The summed E-state index contributed by atoms with van der Waals surface area (Å²) in [5, 5.41) is 14.9. The van der Waals surface area contributed by atoms with Gasteiger partial charge in [0.25, 0.3) is 0 Å². The van der Waals surface area contributed by atoms with E-state index in [1.807, 2.05) is 6.92 Å². The molecular weight excluding hydrogens is 242 g/mol. The van der Waals surface area contributed by atoms with Gasteiger partial charge in [0.05, 0.1) is 0 Å². The number of amides is 2. The summed E-state index contributed by atoms with van der Waals surface area (Å²) in [6.07, 6.45) is 5.61. The van der Waals surface area contributed by atoms with Gasteiger partial charge in [-0.15, -0.1) is 0 Å². The Morgan fingerprint density at radius 2 is 2.21 bits per heavy atom. The van der Waals surface area contributed by atoms with E-state index in [-0.39, 0.29) is 12.6 Å². The van der Waals surface area contributed by atoms with Crippen molar-refractivity contribution >= 4 is 6.03 Å². The van der Waals surface area contributed by atoms with Crippen molar-refractivity contribution in [2.24, 2.45) is 5.92 Å². The quantitative estimate of drug-likeness (QED) is 0.696. The molecule has 0 aliphatic carbocycles. The second-order valence-corrected chi connectivity index (χ2v) is 5.97. The fourth-order valence-corrected chi connectivity index (χ4v) is 3.22. The molecule has 5 heteroatoms. The van der Waals surface area contributed by atoms with Gasteiger partial charge < -0.3 is 15.7 Å². The summed E-state index contributed by atoms with van der Waals surface area (Å²) >= 11 is 0. The molecule has 5 nitrogen and oxygen atoms in total. The molecule has 2 aliphatic rings. The third-order valence-electron chi connectivity index (χ3n) is 4.41. The minimum Gasteiger partial charge on any atom is -0.396 e.